The molecule has 0 saturated carbocycles. The van der Waals surface area contributed by atoms with E-state index in [0.29, 0.717) is 19.3 Å². The number of carbonyl (C=O) groups excluding carboxylic acids is 1. The zero-order chi connectivity index (χ0) is 26.1. The molecule has 1 aliphatic rings. The highest BCUT2D eigenvalue weighted by Crippen LogP contribution is 2.22. The third kappa shape index (κ3) is 12.8. The second-order valence-electron chi connectivity index (χ2n) is 9.85. The summed E-state index contributed by atoms with van der Waals surface area (Å²) in [6, 6.07) is -0.704. The topological polar surface area (TPSA) is 149 Å². The Hall–Kier alpha value is -0.810. The number of hydrogen-bond donors (Lipinski definition) is 6. The maximum atomic E-state index is 12.2. The van der Waals surface area contributed by atoms with Crippen LogP contribution in [0.2, 0.25) is 0 Å². The number of amides is 1. The van der Waals surface area contributed by atoms with E-state index < -0.39 is 49.5 Å². The van der Waals surface area contributed by atoms with E-state index in [1.54, 1.807) is 0 Å². The van der Waals surface area contributed by atoms with E-state index in [0.717, 1.165) is 19.3 Å². The average Bonchev–Trinajstić information content (AvgIpc) is 2.84. The highest BCUT2D eigenvalue weighted by molar-refractivity contribution is 5.76. The van der Waals surface area contributed by atoms with Crippen LogP contribution in [-0.4, -0.2) is 87.5 Å². The minimum atomic E-state index is -1.54. The van der Waals surface area contributed by atoms with Crippen LogP contribution in [0.15, 0.2) is 0 Å². The van der Waals surface area contributed by atoms with E-state index in [4.69, 9.17) is 9.47 Å². The van der Waals surface area contributed by atoms with Crippen LogP contribution in [0.1, 0.15) is 104 Å². The standard InChI is InChI=1S/C26H51NO8/c1-3-5-6-7-8-9-10-11-12-13-14-16-20(29)19(27-22(30)15-4-2)18-34-26-25(33)24(32)23(31)21(17-28)35-26/h19-21,23-26,28-29,31-33H,3-18H2,1-2H3,(H,27,30). The Labute approximate surface area is 211 Å². The number of aliphatic hydroxyl groups excluding tert-OH is 5. The number of aliphatic hydroxyl groups is 5. The fourth-order valence-electron chi connectivity index (χ4n) is 4.38. The first-order chi connectivity index (χ1) is 16.8. The van der Waals surface area contributed by atoms with Gasteiger partial charge in [-0.05, 0) is 12.8 Å². The molecular formula is C26H51NO8. The highest BCUT2D eigenvalue weighted by Gasteiger charge is 2.44. The first-order valence-corrected chi connectivity index (χ1v) is 13.7. The highest BCUT2D eigenvalue weighted by atomic mass is 16.7. The van der Waals surface area contributed by atoms with Crippen molar-refractivity contribution in [3.05, 3.63) is 0 Å². The molecular weight excluding hydrogens is 454 g/mol. The second kappa shape index (κ2) is 19.3. The Morgan fingerprint density at radius 1 is 0.857 bits per heavy atom. The van der Waals surface area contributed by atoms with E-state index in [2.05, 4.69) is 12.2 Å². The first-order valence-electron chi connectivity index (χ1n) is 13.7. The molecule has 35 heavy (non-hydrogen) atoms. The lowest BCUT2D eigenvalue weighted by Crippen LogP contribution is -2.60. The molecule has 7 atom stereocenters. The smallest absolute Gasteiger partial charge is 0.220 e. The van der Waals surface area contributed by atoms with Crippen LogP contribution >= 0.6 is 0 Å². The quantitative estimate of drug-likeness (QED) is 0.138. The maximum absolute atomic E-state index is 12.2. The zero-order valence-electron chi connectivity index (χ0n) is 21.8. The number of nitrogens with one attached hydrogen (secondary N) is 1. The number of rotatable bonds is 20. The van der Waals surface area contributed by atoms with E-state index in [9.17, 15) is 30.3 Å². The summed E-state index contributed by atoms with van der Waals surface area (Å²) in [4.78, 5) is 12.2. The fraction of sp³-hybridized carbons (Fsp3) is 0.962. The third-order valence-electron chi connectivity index (χ3n) is 6.68. The van der Waals surface area contributed by atoms with E-state index in [1.807, 2.05) is 6.92 Å². The van der Waals surface area contributed by atoms with Gasteiger partial charge in [0.1, 0.15) is 24.4 Å². The molecule has 0 bridgehead atoms. The number of hydrogen-bond acceptors (Lipinski definition) is 8. The van der Waals surface area contributed by atoms with E-state index in [1.165, 1.54) is 51.4 Å². The van der Waals surface area contributed by atoms with Gasteiger partial charge in [-0.1, -0.05) is 84.5 Å². The summed E-state index contributed by atoms with van der Waals surface area (Å²) >= 11 is 0. The van der Waals surface area contributed by atoms with Crippen molar-refractivity contribution >= 4 is 5.91 Å². The number of ether oxygens (including phenoxy) is 2. The molecule has 0 aliphatic carbocycles. The summed E-state index contributed by atoms with van der Waals surface area (Å²) in [7, 11) is 0. The summed E-state index contributed by atoms with van der Waals surface area (Å²) < 4.78 is 10.9. The predicted octanol–water partition coefficient (Wildman–Crippen LogP) is 2.15. The molecule has 6 N–H and O–H groups in total. The van der Waals surface area contributed by atoms with Crippen molar-refractivity contribution in [1.29, 1.82) is 0 Å². The normalized spacial score (nSPS) is 26.4. The van der Waals surface area contributed by atoms with Crippen molar-refractivity contribution in [2.24, 2.45) is 0 Å². The van der Waals surface area contributed by atoms with Crippen molar-refractivity contribution in [1.82, 2.24) is 5.32 Å². The Bertz CT molecular complexity index is 535. The molecule has 1 amide bonds. The first kappa shape index (κ1) is 32.2. The molecule has 1 fully saturated rings. The SMILES string of the molecule is CCCCCCCCCCCCCC(O)C(COC1OC(CO)C(O)C(O)C1O)NC(=O)CCC. The average molecular weight is 506 g/mol. The molecule has 0 aromatic heterocycles. The minimum Gasteiger partial charge on any atom is -0.394 e. The molecule has 0 spiro atoms. The summed E-state index contributed by atoms with van der Waals surface area (Å²) in [6.45, 7) is 3.42. The van der Waals surface area contributed by atoms with Gasteiger partial charge in [0.05, 0.1) is 25.4 Å². The molecule has 7 unspecified atom stereocenters. The number of carbonyl (C=O) groups is 1. The Morgan fingerprint density at radius 2 is 1.43 bits per heavy atom. The number of unbranched alkanes of at least 4 members (excludes halogenated alkanes) is 10. The van der Waals surface area contributed by atoms with Gasteiger partial charge in [0, 0.05) is 6.42 Å². The lowest BCUT2D eigenvalue weighted by atomic mass is 9.99. The zero-order valence-corrected chi connectivity index (χ0v) is 21.8. The van der Waals surface area contributed by atoms with Gasteiger partial charge in [0.15, 0.2) is 6.29 Å². The van der Waals surface area contributed by atoms with Crippen LogP contribution in [0, 0.1) is 0 Å². The van der Waals surface area contributed by atoms with Crippen LogP contribution < -0.4 is 5.32 Å². The molecule has 0 aromatic carbocycles. The minimum absolute atomic E-state index is 0.142. The van der Waals surface area contributed by atoms with Crippen LogP contribution in [0.25, 0.3) is 0 Å². The molecule has 0 aromatic rings. The largest absolute Gasteiger partial charge is 0.394 e. The van der Waals surface area contributed by atoms with Gasteiger partial charge in [-0.25, -0.2) is 0 Å². The molecule has 0 radical (unpaired) electrons. The van der Waals surface area contributed by atoms with Gasteiger partial charge in [-0.2, -0.15) is 0 Å². The van der Waals surface area contributed by atoms with Crippen molar-refractivity contribution in [2.75, 3.05) is 13.2 Å². The molecule has 1 heterocycles. The monoisotopic (exact) mass is 505 g/mol. The van der Waals surface area contributed by atoms with E-state index >= 15 is 0 Å². The second-order valence-corrected chi connectivity index (χ2v) is 9.85. The molecule has 1 saturated heterocycles. The fourth-order valence-corrected chi connectivity index (χ4v) is 4.38. The lowest BCUT2D eigenvalue weighted by Gasteiger charge is -2.40. The molecule has 9 heteroatoms. The van der Waals surface area contributed by atoms with Crippen LogP contribution in [0.3, 0.4) is 0 Å². The van der Waals surface area contributed by atoms with Gasteiger partial charge < -0.3 is 40.3 Å². The van der Waals surface area contributed by atoms with Crippen molar-refractivity contribution < 1.29 is 39.8 Å². The summed E-state index contributed by atoms with van der Waals surface area (Å²) in [5.41, 5.74) is 0. The van der Waals surface area contributed by atoms with Crippen molar-refractivity contribution in [3.63, 3.8) is 0 Å². The van der Waals surface area contributed by atoms with Gasteiger partial charge >= 0.3 is 0 Å². The van der Waals surface area contributed by atoms with Crippen LogP contribution in [0.4, 0.5) is 0 Å². The Balaban J connectivity index is 2.41. The lowest BCUT2D eigenvalue weighted by molar-refractivity contribution is -0.302. The summed E-state index contributed by atoms with van der Waals surface area (Å²) in [5, 5.41) is 52.9. The Kier molecular flexibility index (Phi) is 17.8. The molecule has 9 nitrogen and oxygen atoms in total. The molecule has 1 aliphatic heterocycles. The van der Waals surface area contributed by atoms with Crippen LogP contribution in [-0.2, 0) is 14.3 Å². The van der Waals surface area contributed by atoms with E-state index in [-0.39, 0.29) is 12.5 Å². The maximum Gasteiger partial charge on any atom is 0.220 e. The summed E-state index contributed by atoms with van der Waals surface area (Å²) in [5.74, 6) is -0.201. The summed E-state index contributed by atoms with van der Waals surface area (Å²) in [6.07, 6.45) is 7.02. The molecule has 1 rings (SSSR count). The predicted molar refractivity (Wildman–Crippen MR) is 134 cm³/mol. The third-order valence-corrected chi connectivity index (χ3v) is 6.68. The van der Waals surface area contributed by atoms with Crippen molar-refractivity contribution in [3.8, 4) is 0 Å². The van der Waals surface area contributed by atoms with Gasteiger partial charge in [-0.15, -0.1) is 0 Å². The van der Waals surface area contributed by atoms with Gasteiger partial charge in [0.25, 0.3) is 0 Å². The Morgan fingerprint density at radius 3 is 1.97 bits per heavy atom. The molecule has 208 valence electrons. The van der Waals surface area contributed by atoms with Gasteiger partial charge in [0.2, 0.25) is 5.91 Å². The van der Waals surface area contributed by atoms with Crippen LogP contribution in [0.5, 0.6) is 0 Å². The van der Waals surface area contributed by atoms with Crippen molar-refractivity contribution in [2.45, 2.75) is 147 Å². The van der Waals surface area contributed by atoms with Gasteiger partial charge in [-0.3, -0.25) is 4.79 Å².